The van der Waals surface area contributed by atoms with Crippen LogP contribution in [0.2, 0.25) is 0 Å². The van der Waals surface area contributed by atoms with Gasteiger partial charge in [0.1, 0.15) is 17.6 Å². The molecule has 2 rings (SSSR count). The summed E-state index contributed by atoms with van der Waals surface area (Å²) in [5.41, 5.74) is 6.95. The number of nitriles is 1. The van der Waals surface area contributed by atoms with E-state index in [0.29, 0.717) is 12.2 Å². The maximum atomic E-state index is 13.6. The molecule has 0 saturated heterocycles. The SMILES string of the molecule is Cn1cc(CNc2cc(C(N)=O)ccc2F)cc1C#N. The number of aromatic nitrogens is 1. The Hall–Kier alpha value is -2.81. The lowest BCUT2D eigenvalue weighted by molar-refractivity contribution is 0.100. The topological polar surface area (TPSA) is 83.8 Å². The molecule has 0 radical (unpaired) electrons. The molecule has 0 bridgehead atoms. The highest BCUT2D eigenvalue weighted by Gasteiger charge is 2.08. The molecule has 0 spiro atoms. The normalized spacial score (nSPS) is 10.1. The summed E-state index contributed by atoms with van der Waals surface area (Å²) in [6.07, 6.45) is 1.78. The fourth-order valence-corrected chi connectivity index (χ4v) is 1.85. The highest BCUT2D eigenvalue weighted by Crippen LogP contribution is 2.17. The minimum atomic E-state index is -0.612. The van der Waals surface area contributed by atoms with E-state index in [2.05, 4.69) is 5.32 Å². The largest absolute Gasteiger partial charge is 0.379 e. The van der Waals surface area contributed by atoms with Crippen molar-refractivity contribution in [3.05, 3.63) is 53.1 Å². The molecule has 3 N–H and O–H groups in total. The number of halogens is 1. The van der Waals surface area contributed by atoms with Gasteiger partial charge in [0.2, 0.25) is 5.91 Å². The summed E-state index contributed by atoms with van der Waals surface area (Å²) in [4.78, 5) is 11.1. The Bertz CT molecular complexity index is 700. The van der Waals surface area contributed by atoms with Crippen LogP contribution in [0.25, 0.3) is 0 Å². The van der Waals surface area contributed by atoms with Gasteiger partial charge in [-0.1, -0.05) is 0 Å². The van der Waals surface area contributed by atoms with Crippen LogP contribution in [-0.2, 0) is 13.6 Å². The van der Waals surface area contributed by atoms with Crippen molar-refractivity contribution in [1.82, 2.24) is 4.57 Å². The number of nitrogens with one attached hydrogen (secondary N) is 1. The van der Waals surface area contributed by atoms with Gasteiger partial charge in [-0.05, 0) is 29.8 Å². The van der Waals surface area contributed by atoms with Gasteiger partial charge in [-0.3, -0.25) is 4.79 Å². The van der Waals surface area contributed by atoms with Crippen LogP contribution in [0.1, 0.15) is 21.6 Å². The monoisotopic (exact) mass is 272 g/mol. The van der Waals surface area contributed by atoms with Gasteiger partial charge >= 0.3 is 0 Å². The maximum absolute atomic E-state index is 13.6. The molecule has 0 saturated carbocycles. The molecule has 0 unspecified atom stereocenters. The van der Waals surface area contributed by atoms with Crippen molar-refractivity contribution < 1.29 is 9.18 Å². The first-order valence-electron chi connectivity index (χ1n) is 5.90. The van der Waals surface area contributed by atoms with Crippen LogP contribution in [0, 0.1) is 17.1 Å². The zero-order valence-corrected chi connectivity index (χ0v) is 10.9. The molecule has 2 aromatic rings. The lowest BCUT2D eigenvalue weighted by Gasteiger charge is -2.07. The number of anilines is 1. The Morgan fingerprint density at radius 3 is 2.85 bits per heavy atom. The third-order valence-electron chi connectivity index (χ3n) is 2.91. The molecule has 1 aromatic heterocycles. The van der Waals surface area contributed by atoms with E-state index < -0.39 is 11.7 Å². The van der Waals surface area contributed by atoms with Gasteiger partial charge in [-0.15, -0.1) is 0 Å². The molecule has 1 aromatic carbocycles. The average molecular weight is 272 g/mol. The standard InChI is InChI=1S/C14H13FN4O/c1-19-8-9(4-11(19)6-16)7-18-13-5-10(14(17)20)2-3-12(13)15/h2-5,8,18H,7H2,1H3,(H2,17,20). The van der Waals surface area contributed by atoms with Gasteiger partial charge in [0.25, 0.3) is 0 Å². The van der Waals surface area contributed by atoms with E-state index >= 15 is 0 Å². The molecule has 1 heterocycles. The van der Waals surface area contributed by atoms with Crippen LogP contribution in [0.4, 0.5) is 10.1 Å². The highest BCUT2D eigenvalue weighted by atomic mass is 19.1. The summed E-state index contributed by atoms with van der Waals surface area (Å²) in [5.74, 6) is -1.08. The number of aryl methyl sites for hydroxylation is 1. The van der Waals surface area contributed by atoms with Crippen molar-refractivity contribution in [3.63, 3.8) is 0 Å². The summed E-state index contributed by atoms with van der Waals surface area (Å²) in [6.45, 7) is 0.342. The molecule has 0 fully saturated rings. The predicted molar refractivity (Wildman–Crippen MR) is 72.4 cm³/mol. The summed E-state index contributed by atoms with van der Waals surface area (Å²) in [7, 11) is 1.76. The van der Waals surface area contributed by atoms with Gasteiger partial charge in [-0.25, -0.2) is 4.39 Å². The number of rotatable bonds is 4. The molecule has 0 atom stereocenters. The number of primary amides is 1. The maximum Gasteiger partial charge on any atom is 0.248 e. The minimum Gasteiger partial charge on any atom is -0.379 e. The van der Waals surface area contributed by atoms with Crippen molar-refractivity contribution >= 4 is 11.6 Å². The Labute approximate surface area is 115 Å². The van der Waals surface area contributed by atoms with Crippen LogP contribution in [-0.4, -0.2) is 10.5 Å². The summed E-state index contributed by atoms with van der Waals surface area (Å²) in [5, 5.41) is 11.7. The summed E-state index contributed by atoms with van der Waals surface area (Å²) < 4.78 is 15.3. The smallest absolute Gasteiger partial charge is 0.248 e. The number of nitrogens with two attached hydrogens (primary N) is 1. The predicted octanol–water partition coefficient (Wildman–Crippen LogP) is 1.75. The highest BCUT2D eigenvalue weighted by molar-refractivity contribution is 5.93. The Balaban J connectivity index is 2.16. The Morgan fingerprint density at radius 2 is 2.25 bits per heavy atom. The second-order valence-electron chi connectivity index (χ2n) is 4.37. The Morgan fingerprint density at radius 1 is 1.50 bits per heavy atom. The number of benzene rings is 1. The lowest BCUT2D eigenvalue weighted by Crippen LogP contribution is -2.12. The summed E-state index contributed by atoms with van der Waals surface area (Å²) in [6, 6.07) is 7.65. The van der Waals surface area contributed by atoms with Crippen molar-refractivity contribution in [3.8, 4) is 6.07 Å². The zero-order chi connectivity index (χ0) is 14.7. The number of hydrogen-bond donors (Lipinski definition) is 2. The van der Waals surface area contributed by atoms with Crippen molar-refractivity contribution in [2.75, 3.05) is 5.32 Å². The van der Waals surface area contributed by atoms with E-state index in [1.165, 1.54) is 18.2 Å². The van der Waals surface area contributed by atoms with Crippen LogP contribution >= 0.6 is 0 Å². The van der Waals surface area contributed by atoms with E-state index in [0.717, 1.165) is 5.56 Å². The molecule has 20 heavy (non-hydrogen) atoms. The third kappa shape index (κ3) is 2.78. The number of nitrogens with zero attached hydrogens (tertiary/aromatic N) is 2. The van der Waals surface area contributed by atoms with Gasteiger partial charge < -0.3 is 15.6 Å². The molecule has 102 valence electrons. The number of carbonyl (C=O) groups excluding carboxylic acids is 1. The van der Waals surface area contributed by atoms with Gasteiger partial charge in [0, 0.05) is 25.4 Å². The number of carbonyl (C=O) groups is 1. The molecule has 0 aliphatic rings. The van der Waals surface area contributed by atoms with E-state index in [-0.39, 0.29) is 11.3 Å². The van der Waals surface area contributed by atoms with Crippen LogP contribution in [0.15, 0.2) is 30.5 Å². The second-order valence-corrected chi connectivity index (χ2v) is 4.37. The molecule has 0 aliphatic heterocycles. The molecular weight excluding hydrogens is 259 g/mol. The number of hydrogen-bond acceptors (Lipinski definition) is 3. The zero-order valence-electron chi connectivity index (χ0n) is 10.9. The first-order chi connectivity index (χ1) is 9.51. The lowest BCUT2D eigenvalue weighted by atomic mass is 10.2. The van der Waals surface area contributed by atoms with E-state index in [1.54, 1.807) is 23.9 Å². The first kappa shape index (κ1) is 13.6. The van der Waals surface area contributed by atoms with E-state index in [4.69, 9.17) is 11.0 Å². The fourth-order valence-electron chi connectivity index (χ4n) is 1.85. The van der Waals surface area contributed by atoms with Crippen molar-refractivity contribution in [2.24, 2.45) is 12.8 Å². The van der Waals surface area contributed by atoms with Crippen molar-refractivity contribution in [2.45, 2.75) is 6.54 Å². The quantitative estimate of drug-likeness (QED) is 0.889. The minimum absolute atomic E-state index is 0.198. The first-order valence-corrected chi connectivity index (χ1v) is 5.90. The van der Waals surface area contributed by atoms with Crippen LogP contribution in [0.3, 0.4) is 0 Å². The number of amides is 1. The second kappa shape index (κ2) is 5.45. The fraction of sp³-hybridized carbons (Fsp3) is 0.143. The van der Waals surface area contributed by atoms with Gasteiger partial charge in [0.15, 0.2) is 0 Å². The van der Waals surface area contributed by atoms with Gasteiger partial charge in [-0.2, -0.15) is 5.26 Å². The van der Waals surface area contributed by atoms with Crippen LogP contribution < -0.4 is 11.1 Å². The molecular formula is C14H13FN4O. The average Bonchev–Trinajstić information content (AvgIpc) is 2.78. The van der Waals surface area contributed by atoms with Crippen LogP contribution in [0.5, 0.6) is 0 Å². The van der Waals surface area contributed by atoms with Gasteiger partial charge in [0.05, 0.1) is 5.69 Å². The van der Waals surface area contributed by atoms with E-state index in [9.17, 15) is 9.18 Å². The van der Waals surface area contributed by atoms with E-state index in [1.807, 2.05) is 6.07 Å². The Kier molecular flexibility index (Phi) is 3.71. The molecule has 0 aliphatic carbocycles. The third-order valence-corrected chi connectivity index (χ3v) is 2.91. The molecule has 6 heteroatoms. The molecule has 5 nitrogen and oxygen atoms in total. The van der Waals surface area contributed by atoms with Crippen molar-refractivity contribution in [1.29, 1.82) is 5.26 Å². The summed E-state index contributed by atoms with van der Waals surface area (Å²) >= 11 is 0. The molecule has 1 amide bonds.